The third-order valence-corrected chi connectivity index (χ3v) is 6.71. The van der Waals surface area contributed by atoms with Gasteiger partial charge in [0.2, 0.25) is 0 Å². The normalized spacial score (nSPS) is 17.1. The van der Waals surface area contributed by atoms with Gasteiger partial charge in [0.1, 0.15) is 0 Å². The lowest BCUT2D eigenvalue weighted by Gasteiger charge is -2.36. The molecule has 0 radical (unpaired) electrons. The summed E-state index contributed by atoms with van der Waals surface area (Å²) in [5.41, 5.74) is 11.8. The first kappa shape index (κ1) is 13.1. The van der Waals surface area contributed by atoms with Crippen molar-refractivity contribution in [2.24, 2.45) is 11.5 Å². The molecule has 13 heavy (non-hydrogen) atoms. The molecule has 4 N–H and O–H groups in total. The summed E-state index contributed by atoms with van der Waals surface area (Å²) >= 11 is 0. The maximum atomic E-state index is 5.98. The Morgan fingerprint density at radius 1 is 1.00 bits per heavy atom. The molecule has 0 heterocycles. The van der Waals surface area contributed by atoms with Crippen molar-refractivity contribution >= 4 is 8.56 Å². The molecule has 0 rings (SSSR count). The van der Waals surface area contributed by atoms with Crippen LogP contribution in [0.2, 0.25) is 0 Å². The average Bonchev–Trinajstić information content (AvgIpc) is 2.19. The Kier molecular flexibility index (Phi) is 5.74. The lowest BCUT2D eigenvalue weighted by Crippen LogP contribution is -2.67. The predicted molar refractivity (Wildman–Crippen MR) is 56.3 cm³/mol. The maximum Gasteiger partial charge on any atom is 0.372 e. The van der Waals surface area contributed by atoms with Crippen molar-refractivity contribution < 1.29 is 8.85 Å². The van der Waals surface area contributed by atoms with Crippen LogP contribution >= 0.6 is 0 Å². The van der Waals surface area contributed by atoms with Gasteiger partial charge in [0.05, 0.1) is 0 Å². The Balaban J connectivity index is 4.67. The van der Waals surface area contributed by atoms with E-state index in [0.717, 1.165) is 12.8 Å². The van der Waals surface area contributed by atoms with Gasteiger partial charge in [-0.2, -0.15) is 0 Å². The van der Waals surface area contributed by atoms with Crippen LogP contribution in [-0.4, -0.2) is 34.1 Å². The van der Waals surface area contributed by atoms with Crippen molar-refractivity contribution in [1.29, 1.82) is 0 Å². The second-order valence-corrected chi connectivity index (χ2v) is 6.90. The molecular weight excluding hydrogens is 184 g/mol. The monoisotopic (exact) mass is 206 g/mol. The van der Waals surface area contributed by atoms with E-state index in [-0.39, 0.29) is 11.3 Å². The van der Waals surface area contributed by atoms with E-state index in [2.05, 4.69) is 0 Å². The number of nitrogens with two attached hydrogens (primary N) is 2. The van der Waals surface area contributed by atoms with Crippen molar-refractivity contribution in [3.05, 3.63) is 0 Å². The Hall–Kier alpha value is 0.0569. The standard InChI is InChI=1S/C8H22N2O2Si/c1-5-7(9)13(11-3,12-4)8(10)6-2/h7-8H,5-6,9-10H2,1-4H3. The molecule has 4 nitrogen and oxygen atoms in total. The Bertz CT molecular complexity index is 130. The van der Waals surface area contributed by atoms with E-state index in [9.17, 15) is 0 Å². The average molecular weight is 206 g/mol. The van der Waals surface area contributed by atoms with Gasteiger partial charge in [-0.05, 0) is 12.8 Å². The molecule has 80 valence electrons. The van der Waals surface area contributed by atoms with Crippen LogP contribution in [0.4, 0.5) is 0 Å². The Morgan fingerprint density at radius 3 is 1.46 bits per heavy atom. The first-order chi connectivity index (χ1) is 6.08. The fraction of sp³-hybridized carbons (Fsp3) is 1.00. The van der Waals surface area contributed by atoms with Gasteiger partial charge in [-0.15, -0.1) is 0 Å². The summed E-state index contributed by atoms with van der Waals surface area (Å²) < 4.78 is 10.9. The smallest absolute Gasteiger partial charge is 0.372 e. The Labute approximate surface area is 81.8 Å². The van der Waals surface area contributed by atoms with Crippen LogP contribution in [0.15, 0.2) is 0 Å². The summed E-state index contributed by atoms with van der Waals surface area (Å²) in [6.07, 6.45) is 1.67. The van der Waals surface area contributed by atoms with Crippen molar-refractivity contribution in [1.82, 2.24) is 0 Å². The van der Waals surface area contributed by atoms with Crippen LogP contribution in [0.3, 0.4) is 0 Å². The van der Waals surface area contributed by atoms with Crippen LogP contribution in [0.1, 0.15) is 26.7 Å². The molecule has 0 aliphatic rings. The summed E-state index contributed by atoms with van der Waals surface area (Å²) in [6.45, 7) is 4.04. The number of hydrogen-bond donors (Lipinski definition) is 2. The molecule has 0 bridgehead atoms. The molecule has 0 aromatic rings. The minimum absolute atomic E-state index is 0.0579. The summed E-state index contributed by atoms with van der Waals surface area (Å²) in [5, 5.41) is 0. The highest BCUT2D eigenvalue weighted by atomic mass is 28.4. The summed E-state index contributed by atoms with van der Waals surface area (Å²) in [5.74, 6) is 0. The third-order valence-electron chi connectivity index (χ3n) is 2.55. The van der Waals surface area contributed by atoms with Crippen LogP contribution < -0.4 is 11.5 Å². The molecule has 0 saturated carbocycles. The first-order valence-corrected chi connectivity index (χ1v) is 6.67. The molecule has 0 aromatic heterocycles. The van der Waals surface area contributed by atoms with Gasteiger partial charge in [0, 0.05) is 25.5 Å². The lowest BCUT2D eigenvalue weighted by molar-refractivity contribution is 0.215. The molecule has 2 atom stereocenters. The molecular formula is C8H22N2O2Si. The van der Waals surface area contributed by atoms with Crippen LogP contribution in [-0.2, 0) is 8.85 Å². The molecule has 0 spiro atoms. The molecule has 0 fully saturated rings. The number of rotatable bonds is 6. The molecule has 2 unspecified atom stereocenters. The van der Waals surface area contributed by atoms with E-state index in [1.165, 1.54) is 0 Å². The SMILES string of the molecule is CCC(N)[Si](OC)(OC)C(N)CC. The van der Waals surface area contributed by atoms with E-state index < -0.39 is 8.56 Å². The molecule has 0 aromatic carbocycles. The number of hydrogen-bond acceptors (Lipinski definition) is 4. The molecule has 0 aliphatic heterocycles. The van der Waals surface area contributed by atoms with Gasteiger partial charge in [-0.1, -0.05) is 13.8 Å². The molecule has 0 amide bonds. The van der Waals surface area contributed by atoms with Gasteiger partial charge < -0.3 is 20.3 Å². The van der Waals surface area contributed by atoms with Crippen LogP contribution in [0.25, 0.3) is 0 Å². The maximum absolute atomic E-state index is 5.98. The van der Waals surface area contributed by atoms with Crippen molar-refractivity contribution in [3.63, 3.8) is 0 Å². The molecule has 0 saturated heterocycles. The quantitative estimate of drug-likeness (QED) is 0.612. The third kappa shape index (κ3) is 2.51. The fourth-order valence-corrected chi connectivity index (χ4v) is 4.60. The van der Waals surface area contributed by atoms with Crippen molar-refractivity contribution in [3.8, 4) is 0 Å². The van der Waals surface area contributed by atoms with Crippen LogP contribution in [0, 0.1) is 0 Å². The zero-order chi connectivity index (χ0) is 10.5. The second kappa shape index (κ2) is 5.72. The molecule has 5 heteroatoms. The zero-order valence-corrected chi connectivity index (χ0v) is 10.0. The highest BCUT2D eigenvalue weighted by molar-refractivity contribution is 6.70. The van der Waals surface area contributed by atoms with E-state index in [1.54, 1.807) is 14.2 Å². The van der Waals surface area contributed by atoms with E-state index >= 15 is 0 Å². The Morgan fingerprint density at radius 2 is 1.31 bits per heavy atom. The summed E-state index contributed by atoms with van der Waals surface area (Å²) in [7, 11) is 0.885. The highest BCUT2D eigenvalue weighted by Crippen LogP contribution is 2.17. The minimum atomic E-state index is -2.39. The van der Waals surface area contributed by atoms with E-state index in [0.29, 0.717) is 0 Å². The highest BCUT2D eigenvalue weighted by Gasteiger charge is 2.46. The minimum Gasteiger partial charge on any atom is -0.396 e. The predicted octanol–water partition coefficient (Wildman–Crippen LogP) is 0.274. The van der Waals surface area contributed by atoms with E-state index in [4.69, 9.17) is 20.3 Å². The molecule has 0 aliphatic carbocycles. The van der Waals surface area contributed by atoms with Gasteiger partial charge in [0.25, 0.3) is 0 Å². The topological polar surface area (TPSA) is 70.5 Å². The van der Waals surface area contributed by atoms with Gasteiger partial charge in [0.15, 0.2) is 0 Å². The second-order valence-electron chi connectivity index (χ2n) is 3.16. The fourth-order valence-electron chi connectivity index (χ4n) is 1.53. The van der Waals surface area contributed by atoms with Gasteiger partial charge >= 0.3 is 8.56 Å². The largest absolute Gasteiger partial charge is 0.396 e. The van der Waals surface area contributed by atoms with Crippen LogP contribution in [0.5, 0.6) is 0 Å². The first-order valence-electron chi connectivity index (χ1n) is 4.70. The van der Waals surface area contributed by atoms with Crippen molar-refractivity contribution in [2.75, 3.05) is 14.2 Å². The lowest BCUT2D eigenvalue weighted by atomic mass is 10.5. The van der Waals surface area contributed by atoms with Crippen molar-refractivity contribution in [2.45, 2.75) is 38.0 Å². The summed E-state index contributed by atoms with van der Waals surface area (Å²) in [6, 6.07) is 0. The summed E-state index contributed by atoms with van der Waals surface area (Å²) in [4.78, 5) is 0. The van der Waals surface area contributed by atoms with Gasteiger partial charge in [-0.3, -0.25) is 0 Å². The zero-order valence-electron chi connectivity index (χ0n) is 9.04. The van der Waals surface area contributed by atoms with Gasteiger partial charge in [-0.25, -0.2) is 0 Å². The van der Waals surface area contributed by atoms with E-state index in [1.807, 2.05) is 13.8 Å².